The number of aryl methyl sites for hydroxylation is 1. The molecular weight excluding hydrogens is 363 g/mol. The van der Waals surface area contributed by atoms with E-state index in [9.17, 15) is 14.0 Å². The molecule has 3 heterocycles. The molecule has 1 aliphatic heterocycles. The number of para-hydroxylation sites is 1. The molecule has 2 amide bonds. The van der Waals surface area contributed by atoms with Gasteiger partial charge in [0.15, 0.2) is 5.58 Å². The van der Waals surface area contributed by atoms with E-state index in [1.165, 1.54) is 6.07 Å². The molecule has 1 aromatic carbocycles. The predicted octanol–water partition coefficient (Wildman–Crippen LogP) is 1.99. The van der Waals surface area contributed by atoms with Crippen LogP contribution in [0.2, 0.25) is 0 Å². The molecule has 0 aliphatic carbocycles. The Morgan fingerprint density at radius 1 is 1.14 bits per heavy atom. The number of hydrogen-bond acceptors (Lipinski definition) is 4. The topological polar surface area (TPSA) is 70.7 Å². The molecule has 1 saturated heterocycles. The van der Waals surface area contributed by atoms with E-state index in [4.69, 9.17) is 4.42 Å². The Bertz CT molecular complexity index is 1020. The summed E-state index contributed by atoms with van der Waals surface area (Å²) in [5, 5.41) is 2.67. The van der Waals surface area contributed by atoms with Crippen LogP contribution < -0.4 is 10.2 Å². The van der Waals surface area contributed by atoms with Crippen molar-refractivity contribution >= 4 is 28.6 Å². The Balaban J connectivity index is 1.31. The monoisotopic (exact) mass is 384 g/mol. The maximum Gasteiger partial charge on any atom is 0.268 e. The van der Waals surface area contributed by atoms with Crippen molar-refractivity contribution in [3.8, 4) is 0 Å². The Labute approximate surface area is 161 Å². The first kappa shape index (κ1) is 18.1. The number of benzene rings is 1. The van der Waals surface area contributed by atoms with Gasteiger partial charge in [0, 0.05) is 45.4 Å². The largest absolute Gasteiger partial charge is 0.463 e. The lowest BCUT2D eigenvalue weighted by atomic mass is 10.2. The minimum atomic E-state index is -0.327. The van der Waals surface area contributed by atoms with E-state index in [0.717, 1.165) is 5.52 Å². The number of rotatable bonds is 4. The third-order valence-corrected chi connectivity index (χ3v) is 5.12. The zero-order valence-electron chi connectivity index (χ0n) is 15.5. The van der Waals surface area contributed by atoms with Gasteiger partial charge in [0.2, 0.25) is 5.91 Å². The van der Waals surface area contributed by atoms with E-state index in [1.807, 2.05) is 4.90 Å². The second-order valence-electron chi connectivity index (χ2n) is 6.76. The Morgan fingerprint density at radius 3 is 2.61 bits per heavy atom. The van der Waals surface area contributed by atoms with Crippen molar-refractivity contribution < 1.29 is 18.4 Å². The Morgan fingerprint density at radius 2 is 1.89 bits per heavy atom. The fourth-order valence-corrected chi connectivity index (χ4v) is 3.53. The molecule has 1 N–H and O–H groups in total. The molecule has 4 rings (SSSR count). The van der Waals surface area contributed by atoms with Gasteiger partial charge in [-0.25, -0.2) is 4.39 Å². The third-order valence-electron chi connectivity index (χ3n) is 5.12. The maximum atomic E-state index is 13.9. The normalized spacial score (nSPS) is 14.5. The average molecular weight is 384 g/mol. The van der Waals surface area contributed by atoms with E-state index in [0.29, 0.717) is 43.1 Å². The molecule has 146 valence electrons. The Kier molecular flexibility index (Phi) is 4.77. The molecule has 1 fully saturated rings. The molecule has 7 nitrogen and oxygen atoms in total. The van der Waals surface area contributed by atoms with Gasteiger partial charge in [0.1, 0.15) is 11.5 Å². The highest BCUT2D eigenvalue weighted by molar-refractivity contribution is 5.99. The minimum absolute atomic E-state index is 0.0783. The van der Waals surface area contributed by atoms with E-state index >= 15 is 0 Å². The number of carbonyl (C=O) groups is 2. The number of amides is 2. The summed E-state index contributed by atoms with van der Waals surface area (Å²) in [6, 6.07) is 10.1. The smallest absolute Gasteiger partial charge is 0.268 e. The van der Waals surface area contributed by atoms with Crippen LogP contribution >= 0.6 is 0 Å². The predicted molar refractivity (Wildman–Crippen MR) is 103 cm³/mol. The molecule has 0 unspecified atom stereocenters. The summed E-state index contributed by atoms with van der Waals surface area (Å²) in [7, 11) is 1.77. The third kappa shape index (κ3) is 3.33. The summed E-state index contributed by atoms with van der Waals surface area (Å²) in [5.74, 6) is -0.741. The lowest BCUT2D eigenvalue weighted by Gasteiger charge is -2.36. The van der Waals surface area contributed by atoms with Gasteiger partial charge < -0.3 is 24.1 Å². The van der Waals surface area contributed by atoms with Crippen LogP contribution in [0.25, 0.3) is 11.1 Å². The lowest BCUT2D eigenvalue weighted by Crippen LogP contribution is -2.51. The quantitative estimate of drug-likeness (QED) is 0.747. The number of aromatic nitrogens is 1. The molecule has 0 spiro atoms. The number of nitrogens with one attached hydrogen (secondary N) is 1. The highest BCUT2D eigenvalue weighted by atomic mass is 19.1. The summed E-state index contributed by atoms with van der Waals surface area (Å²) in [4.78, 5) is 28.5. The number of halogens is 1. The maximum absolute atomic E-state index is 13.9. The molecule has 3 aromatic rings. The van der Waals surface area contributed by atoms with Gasteiger partial charge in [0.25, 0.3) is 5.91 Å². The van der Waals surface area contributed by atoms with E-state index in [1.54, 1.807) is 53.1 Å². The van der Waals surface area contributed by atoms with Gasteiger partial charge in [-0.15, -0.1) is 0 Å². The van der Waals surface area contributed by atoms with Crippen molar-refractivity contribution in [2.75, 3.05) is 37.6 Å². The van der Waals surface area contributed by atoms with Crippen molar-refractivity contribution in [1.29, 1.82) is 0 Å². The highest BCUT2D eigenvalue weighted by Gasteiger charge is 2.23. The molecule has 0 atom stereocenters. The number of fused-ring (bicyclic) bond motifs is 1. The van der Waals surface area contributed by atoms with Crippen LogP contribution in [-0.2, 0) is 11.8 Å². The lowest BCUT2D eigenvalue weighted by molar-refractivity contribution is -0.130. The first-order valence-corrected chi connectivity index (χ1v) is 9.13. The number of hydrogen-bond donors (Lipinski definition) is 1. The second-order valence-corrected chi connectivity index (χ2v) is 6.76. The zero-order chi connectivity index (χ0) is 19.7. The van der Waals surface area contributed by atoms with E-state index in [-0.39, 0.29) is 24.2 Å². The van der Waals surface area contributed by atoms with Crippen LogP contribution in [0.5, 0.6) is 0 Å². The number of carbonyl (C=O) groups excluding carboxylic acids is 2. The summed E-state index contributed by atoms with van der Waals surface area (Å²) in [5.41, 5.74) is 2.44. The van der Waals surface area contributed by atoms with Crippen molar-refractivity contribution in [2.45, 2.75) is 0 Å². The second kappa shape index (κ2) is 7.38. The molecular formula is C20H21FN4O3. The van der Waals surface area contributed by atoms with Gasteiger partial charge in [0.05, 0.1) is 24.0 Å². The van der Waals surface area contributed by atoms with Crippen LogP contribution in [-0.4, -0.2) is 54.0 Å². The molecule has 8 heteroatoms. The van der Waals surface area contributed by atoms with Gasteiger partial charge >= 0.3 is 0 Å². The van der Waals surface area contributed by atoms with E-state index in [2.05, 4.69) is 5.32 Å². The fourth-order valence-electron chi connectivity index (χ4n) is 3.53. The number of nitrogens with zero attached hydrogens (tertiary/aromatic N) is 3. The molecule has 28 heavy (non-hydrogen) atoms. The molecule has 1 aliphatic rings. The number of piperazine rings is 1. The SMILES string of the molecule is Cn1c(C(=O)NCC(=O)N2CCN(c3ccccc3F)CC2)cc2occc21. The van der Waals surface area contributed by atoms with Crippen LogP contribution in [0.15, 0.2) is 47.1 Å². The van der Waals surface area contributed by atoms with Crippen LogP contribution in [0.4, 0.5) is 10.1 Å². The standard InChI is InChI=1S/C20H21FN4O3/c1-23-16-6-11-28-18(16)12-17(23)20(27)22-13-19(26)25-9-7-24(8-10-25)15-5-3-2-4-14(15)21/h2-6,11-12H,7-10,13H2,1H3,(H,22,27). The van der Waals surface area contributed by atoms with Gasteiger partial charge in [-0.2, -0.15) is 0 Å². The number of anilines is 1. The fraction of sp³-hybridized carbons (Fsp3) is 0.300. The molecule has 0 bridgehead atoms. The van der Waals surface area contributed by atoms with Crippen molar-refractivity contribution in [3.05, 3.63) is 54.2 Å². The average Bonchev–Trinajstić information content (AvgIpc) is 3.29. The van der Waals surface area contributed by atoms with Crippen molar-refractivity contribution in [1.82, 2.24) is 14.8 Å². The molecule has 2 aromatic heterocycles. The zero-order valence-corrected chi connectivity index (χ0v) is 15.5. The van der Waals surface area contributed by atoms with Crippen molar-refractivity contribution in [2.24, 2.45) is 7.05 Å². The molecule has 0 radical (unpaired) electrons. The summed E-state index contributed by atoms with van der Waals surface area (Å²) in [6.07, 6.45) is 1.57. The van der Waals surface area contributed by atoms with Crippen LogP contribution in [0, 0.1) is 5.82 Å². The van der Waals surface area contributed by atoms with Gasteiger partial charge in [-0.05, 0) is 12.1 Å². The first-order chi connectivity index (χ1) is 13.5. The summed E-state index contributed by atoms with van der Waals surface area (Å²) in [6.45, 7) is 2.00. The van der Waals surface area contributed by atoms with E-state index < -0.39 is 0 Å². The summed E-state index contributed by atoms with van der Waals surface area (Å²) < 4.78 is 20.9. The Hall–Kier alpha value is -3.29. The van der Waals surface area contributed by atoms with Crippen LogP contribution in [0.1, 0.15) is 10.5 Å². The highest BCUT2D eigenvalue weighted by Crippen LogP contribution is 2.21. The van der Waals surface area contributed by atoms with Crippen molar-refractivity contribution in [3.63, 3.8) is 0 Å². The van der Waals surface area contributed by atoms with Crippen LogP contribution in [0.3, 0.4) is 0 Å². The van der Waals surface area contributed by atoms with Gasteiger partial charge in [-0.1, -0.05) is 12.1 Å². The first-order valence-electron chi connectivity index (χ1n) is 9.13. The van der Waals surface area contributed by atoms with Gasteiger partial charge in [-0.3, -0.25) is 9.59 Å². The minimum Gasteiger partial charge on any atom is -0.463 e. The number of furan rings is 1. The molecule has 0 saturated carbocycles. The summed E-state index contributed by atoms with van der Waals surface area (Å²) >= 11 is 0.